The normalized spacial score (nSPS) is 12.2. The number of benzene rings is 1. The van der Waals surface area contributed by atoms with Gasteiger partial charge in [-0.25, -0.2) is 0 Å². The number of hydrogen-bond donors (Lipinski definition) is 2. The van der Waals surface area contributed by atoms with Gasteiger partial charge in [-0.2, -0.15) is 0 Å². The zero-order chi connectivity index (χ0) is 14.6. The molecule has 0 saturated heterocycles. The maximum Gasteiger partial charge on any atom is 0.299 e. The van der Waals surface area contributed by atoms with Gasteiger partial charge in [-0.05, 0) is 12.0 Å². The van der Waals surface area contributed by atoms with E-state index in [-0.39, 0.29) is 29.5 Å². The van der Waals surface area contributed by atoms with Gasteiger partial charge >= 0.3 is 0 Å². The molecule has 0 saturated carbocycles. The van der Waals surface area contributed by atoms with Crippen molar-refractivity contribution in [2.75, 3.05) is 11.9 Å². The highest BCUT2D eigenvalue weighted by molar-refractivity contribution is 5.65. The average molecular weight is 269 g/mol. The lowest BCUT2D eigenvalue weighted by Crippen LogP contribution is -2.25. The molecule has 0 bridgehead atoms. The van der Waals surface area contributed by atoms with Crippen molar-refractivity contribution >= 4 is 17.1 Å². The SMILES string of the molecule is CC(C)C(O)CNc1ccc([N+](=O)[O-])cc1[N+](=O)[O-]. The van der Waals surface area contributed by atoms with E-state index in [1.807, 2.05) is 13.8 Å². The molecule has 0 spiro atoms. The highest BCUT2D eigenvalue weighted by Gasteiger charge is 2.20. The summed E-state index contributed by atoms with van der Waals surface area (Å²) in [5.74, 6) is 0.00426. The van der Waals surface area contributed by atoms with Crippen LogP contribution in [-0.4, -0.2) is 27.6 Å². The molecule has 0 aliphatic rings. The number of nitrogens with zero attached hydrogens (tertiary/aromatic N) is 2. The van der Waals surface area contributed by atoms with Crippen molar-refractivity contribution < 1.29 is 15.0 Å². The second-order valence-corrected chi connectivity index (χ2v) is 4.41. The average Bonchev–Trinajstić information content (AvgIpc) is 2.35. The Morgan fingerprint density at radius 3 is 2.37 bits per heavy atom. The molecule has 1 aromatic carbocycles. The Morgan fingerprint density at radius 1 is 1.26 bits per heavy atom. The number of nitro groups is 2. The Bertz CT molecular complexity index is 489. The molecule has 0 fully saturated rings. The van der Waals surface area contributed by atoms with Gasteiger partial charge in [0.25, 0.3) is 11.4 Å². The van der Waals surface area contributed by atoms with Gasteiger partial charge in [-0.15, -0.1) is 0 Å². The Kier molecular flexibility index (Phi) is 4.76. The summed E-state index contributed by atoms with van der Waals surface area (Å²) in [4.78, 5) is 20.0. The standard InChI is InChI=1S/C11H15N3O5/c1-7(2)11(15)6-12-9-4-3-8(13(16)17)5-10(9)14(18)19/h3-5,7,11-12,15H,6H2,1-2H3. The van der Waals surface area contributed by atoms with Gasteiger partial charge in [0, 0.05) is 12.6 Å². The molecule has 0 heterocycles. The number of aliphatic hydroxyl groups is 1. The minimum absolute atomic E-state index is 0.00426. The fraction of sp³-hybridized carbons (Fsp3) is 0.455. The topological polar surface area (TPSA) is 119 Å². The molecule has 1 rings (SSSR count). The number of anilines is 1. The molecule has 1 aromatic rings. The van der Waals surface area contributed by atoms with Crippen LogP contribution in [0.25, 0.3) is 0 Å². The number of aliphatic hydroxyl groups excluding tert-OH is 1. The molecular weight excluding hydrogens is 254 g/mol. The van der Waals surface area contributed by atoms with Crippen molar-refractivity contribution in [3.63, 3.8) is 0 Å². The van der Waals surface area contributed by atoms with Crippen molar-refractivity contribution in [2.24, 2.45) is 5.92 Å². The van der Waals surface area contributed by atoms with Gasteiger partial charge in [0.05, 0.1) is 22.0 Å². The molecule has 0 aliphatic heterocycles. The maximum atomic E-state index is 10.9. The summed E-state index contributed by atoms with van der Waals surface area (Å²) in [7, 11) is 0. The minimum Gasteiger partial charge on any atom is -0.391 e. The number of non-ortho nitro benzene ring substituents is 1. The Morgan fingerprint density at radius 2 is 1.89 bits per heavy atom. The first-order valence-corrected chi connectivity index (χ1v) is 5.67. The van der Waals surface area contributed by atoms with E-state index in [0.717, 1.165) is 6.07 Å². The van der Waals surface area contributed by atoms with Crippen molar-refractivity contribution in [1.82, 2.24) is 0 Å². The minimum atomic E-state index is -0.697. The van der Waals surface area contributed by atoms with Crippen LogP contribution < -0.4 is 5.32 Å². The summed E-state index contributed by atoms with van der Waals surface area (Å²) in [6.45, 7) is 3.77. The third kappa shape index (κ3) is 3.88. The van der Waals surface area contributed by atoms with Crippen LogP contribution in [0.4, 0.5) is 17.1 Å². The van der Waals surface area contributed by atoms with E-state index < -0.39 is 16.0 Å². The third-order valence-electron chi connectivity index (χ3n) is 2.66. The zero-order valence-corrected chi connectivity index (χ0v) is 10.6. The van der Waals surface area contributed by atoms with Gasteiger partial charge in [0.2, 0.25) is 0 Å². The molecule has 19 heavy (non-hydrogen) atoms. The van der Waals surface area contributed by atoms with Gasteiger partial charge in [0.15, 0.2) is 0 Å². The van der Waals surface area contributed by atoms with Crippen molar-refractivity contribution in [3.05, 3.63) is 38.4 Å². The van der Waals surface area contributed by atoms with E-state index in [1.54, 1.807) is 0 Å². The van der Waals surface area contributed by atoms with Crippen LogP contribution in [0.2, 0.25) is 0 Å². The van der Waals surface area contributed by atoms with E-state index in [1.165, 1.54) is 12.1 Å². The highest BCUT2D eigenvalue weighted by atomic mass is 16.6. The van der Waals surface area contributed by atoms with E-state index in [0.29, 0.717) is 0 Å². The van der Waals surface area contributed by atoms with Gasteiger partial charge < -0.3 is 10.4 Å². The van der Waals surface area contributed by atoms with Crippen LogP contribution in [0, 0.1) is 26.1 Å². The van der Waals surface area contributed by atoms with Crippen LogP contribution in [0.1, 0.15) is 13.8 Å². The molecule has 104 valence electrons. The first-order chi connectivity index (χ1) is 8.82. The fourth-order valence-corrected chi connectivity index (χ4v) is 1.38. The predicted octanol–water partition coefficient (Wildman–Crippen LogP) is 1.93. The van der Waals surface area contributed by atoms with Crippen LogP contribution in [0.15, 0.2) is 18.2 Å². The van der Waals surface area contributed by atoms with Gasteiger partial charge in [-0.1, -0.05) is 13.8 Å². The molecule has 0 amide bonds. The molecule has 8 nitrogen and oxygen atoms in total. The number of rotatable bonds is 6. The van der Waals surface area contributed by atoms with E-state index in [9.17, 15) is 25.3 Å². The Hall–Kier alpha value is -2.22. The second-order valence-electron chi connectivity index (χ2n) is 4.41. The maximum absolute atomic E-state index is 10.9. The summed E-state index contributed by atoms with van der Waals surface area (Å²) in [5, 5.41) is 33.8. The van der Waals surface area contributed by atoms with E-state index in [4.69, 9.17) is 0 Å². The van der Waals surface area contributed by atoms with Crippen molar-refractivity contribution in [1.29, 1.82) is 0 Å². The van der Waals surface area contributed by atoms with Crippen LogP contribution in [-0.2, 0) is 0 Å². The van der Waals surface area contributed by atoms with Crippen LogP contribution >= 0.6 is 0 Å². The second kappa shape index (κ2) is 6.10. The monoisotopic (exact) mass is 269 g/mol. The molecule has 0 radical (unpaired) electrons. The van der Waals surface area contributed by atoms with E-state index in [2.05, 4.69) is 5.32 Å². The number of nitrogens with one attached hydrogen (secondary N) is 1. The molecular formula is C11H15N3O5. The molecule has 0 aromatic heterocycles. The lowest BCUT2D eigenvalue weighted by Gasteiger charge is -2.15. The molecule has 2 N–H and O–H groups in total. The van der Waals surface area contributed by atoms with Crippen LogP contribution in [0.5, 0.6) is 0 Å². The van der Waals surface area contributed by atoms with Crippen LogP contribution in [0.3, 0.4) is 0 Å². The summed E-state index contributed by atoms with van der Waals surface area (Å²) < 4.78 is 0. The highest BCUT2D eigenvalue weighted by Crippen LogP contribution is 2.28. The Labute approximate surface area is 109 Å². The quantitative estimate of drug-likeness (QED) is 0.601. The van der Waals surface area contributed by atoms with E-state index >= 15 is 0 Å². The van der Waals surface area contributed by atoms with Crippen molar-refractivity contribution in [3.8, 4) is 0 Å². The molecule has 8 heteroatoms. The summed E-state index contributed by atoms with van der Waals surface area (Å²) in [6.07, 6.45) is -0.658. The lowest BCUT2D eigenvalue weighted by molar-refractivity contribution is -0.393. The van der Waals surface area contributed by atoms with Gasteiger partial charge in [0.1, 0.15) is 5.69 Å². The van der Waals surface area contributed by atoms with Gasteiger partial charge in [-0.3, -0.25) is 20.2 Å². The number of nitro benzene ring substituents is 2. The largest absolute Gasteiger partial charge is 0.391 e. The lowest BCUT2D eigenvalue weighted by atomic mass is 10.1. The Balaban J connectivity index is 2.94. The predicted molar refractivity (Wildman–Crippen MR) is 69.1 cm³/mol. The molecule has 1 atom stereocenters. The summed E-state index contributed by atoms with van der Waals surface area (Å²) in [5.41, 5.74) is -0.581. The smallest absolute Gasteiger partial charge is 0.299 e. The fourth-order valence-electron chi connectivity index (χ4n) is 1.38. The van der Waals surface area contributed by atoms with Crippen molar-refractivity contribution in [2.45, 2.75) is 20.0 Å². The first kappa shape index (κ1) is 14.8. The molecule has 1 unspecified atom stereocenters. The summed E-state index contributed by atoms with van der Waals surface area (Å²) >= 11 is 0. The summed E-state index contributed by atoms with van der Waals surface area (Å²) in [6, 6.07) is 3.34. The third-order valence-corrected chi connectivity index (χ3v) is 2.66. The number of hydrogen-bond acceptors (Lipinski definition) is 6. The zero-order valence-electron chi connectivity index (χ0n) is 10.6. The molecule has 0 aliphatic carbocycles. The first-order valence-electron chi connectivity index (χ1n) is 5.67.